The van der Waals surface area contributed by atoms with Crippen LogP contribution >= 0.6 is 0 Å². The minimum Gasteiger partial charge on any atom is -0.494 e. The lowest BCUT2D eigenvalue weighted by Crippen LogP contribution is -2.55. The molecule has 38 heavy (non-hydrogen) atoms. The predicted octanol–water partition coefficient (Wildman–Crippen LogP) is 3.34. The number of carbonyl (C=O) groups excluding carboxylic acids is 2. The molecule has 1 heterocycles. The minimum atomic E-state index is -1.32. The molecule has 3 N–H and O–H groups in total. The van der Waals surface area contributed by atoms with Crippen molar-refractivity contribution in [2.75, 3.05) is 19.8 Å². The van der Waals surface area contributed by atoms with E-state index in [9.17, 15) is 9.59 Å². The molecule has 9 heteroatoms. The number of nitrogens with zero attached hydrogens (tertiary/aromatic N) is 1. The van der Waals surface area contributed by atoms with Gasteiger partial charge in [0.05, 0.1) is 6.61 Å². The van der Waals surface area contributed by atoms with Crippen LogP contribution in [0.4, 0.5) is 0 Å². The van der Waals surface area contributed by atoms with E-state index >= 15 is 0 Å². The molecule has 2 atom stereocenters. The Hall–Kier alpha value is -3.43. The summed E-state index contributed by atoms with van der Waals surface area (Å²) in [5.74, 6) is 0.205. The molecule has 0 aliphatic carbocycles. The average molecular weight is 526 g/mol. The smallest absolute Gasteiger partial charge is 0.306 e. The highest BCUT2D eigenvalue weighted by molar-refractivity contribution is 6.00. The third-order valence-electron chi connectivity index (χ3n) is 6.04. The van der Waals surface area contributed by atoms with Crippen LogP contribution in [0, 0.1) is 0 Å². The van der Waals surface area contributed by atoms with E-state index in [0.29, 0.717) is 36.8 Å². The Balaban J connectivity index is 1.74. The number of hydrogen-bond acceptors (Lipinski definition) is 8. The first-order chi connectivity index (χ1) is 18.1. The normalized spacial score (nSPS) is 18.9. The van der Waals surface area contributed by atoms with Crippen molar-refractivity contribution in [1.82, 2.24) is 10.9 Å². The maximum Gasteiger partial charge on any atom is 0.306 e. The molecule has 0 aromatic heterocycles. The first-order valence-electron chi connectivity index (χ1n) is 13.0. The van der Waals surface area contributed by atoms with Crippen LogP contribution in [-0.2, 0) is 25.5 Å². The molecular formula is C29H39N3O6. The lowest BCUT2D eigenvalue weighted by molar-refractivity contribution is -0.155. The zero-order valence-electron chi connectivity index (χ0n) is 22.7. The van der Waals surface area contributed by atoms with Crippen molar-refractivity contribution < 1.29 is 28.9 Å². The highest BCUT2D eigenvalue weighted by atomic mass is 16.6. The van der Waals surface area contributed by atoms with Gasteiger partial charge < -0.3 is 19.3 Å². The number of carbonyl (C=O) groups is 2. The number of nitrogens with one attached hydrogen (secondary N) is 2. The fraction of sp³-hybridized carbons (Fsp3) is 0.483. The van der Waals surface area contributed by atoms with E-state index in [1.54, 1.807) is 52.0 Å². The fourth-order valence-electron chi connectivity index (χ4n) is 4.04. The third kappa shape index (κ3) is 8.29. The number of hydrazine groups is 1. The largest absolute Gasteiger partial charge is 0.494 e. The second kappa shape index (κ2) is 13.4. The third-order valence-corrected chi connectivity index (χ3v) is 6.04. The van der Waals surface area contributed by atoms with Gasteiger partial charge in [-0.15, -0.1) is 0 Å². The van der Waals surface area contributed by atoms with Gasteiger partial charge in [-0.2, -0.15) is 0 Å². The maximum absolute atomic E-state index is 13.5. The molecule has 2 aromatic rings. The molecular weight excluding hydrogens is 486 g/mol. The fourth-order valence-corrected chi connectivity index (χ4v) is 4.04. The number of hydrogen-bond donors (Lipinski definition) is 3. The summed E-state index contributed by atoms with van der Waals surface area (Å²) >= 11 is 0. The summed E-state index contributed by atoms with van der Waals surface area (Å²) in [6.07, 6.45) is 0.803. The van der Waals surface area contributed by atoms with Gasteiger partial charge in [0.15, 0.2) is 5.54 Å². The molecule has 1 aliphatic rings. The number of ether oxygens (including phenoxy) is 3. The van der Waals surface area contributed by atoms with Crippen molar-refractivity contribution >= 4 is 17.8 Å². The van der Waals surface area contributed by atoms with Gasteiger partial charge in [-0.25, -0.2) is 10.4 Å². The van der Waals surface area contributed by atoms with E-state index in [4.69, 9.17) is 24.3 Å². The van der Waals surface area contributed by atoms with Gasteiger partial charge in [-0.3, -0.25) is 15.0 Å². The van der Waals surface area contributed by atoms with Crippen LogP contribution in [0.3, 0.4) is 0 Å². The van der Waals surface area contributed by atoms with Gasteiger partial charge in [0.2, 0.25) is 5.90 Å². The second-order valence-corrected chi connectivity index (χ2v) is 10.3. The molecule has 0 unspecified atom stereocenters. The monoisotopic (exact) mass is 525 g/mol. The molecule has 1 aliphatic heterocycles. The molecule has 206 valence electrons. The average Bonchev–Trinajstić information content (AvgIpc) is 3.22. The highest BCUT2D eigenvalue weighted by Crippen LogP contribution is 2.33. The number of aliphatic hydroxyl groups excluding tert-OH is 1. The van der Waals surface area contributed by atoms with Gasteiger partial charge >= 0.3 is 5.97 Å². The predicted molar refractivity (Wildman–Crippen MR) is 145 cm³/mol. The van der Waals surface area contributed by atoms with E-state index in [-0.39, 0.29) is 25.4 Å². The highest BCUT2D eigenvalue weighted by Gasteiger charge is 2.50. The van der Waals surface area contributed by atoms with E-state index in [1.807, 2.05) is 30.3 Å². The molecule has 0 saturated heterocycles. The summed E-state index contributed by atoms with van der Waals surface area (Å²) in [6, 6.07) is 17.1. The Morgan fingerprint density at radius 1 is 1.11 bits per heavy atom. The van der Waals surface area contributed by atoms with Crippen molar-refractivity contribution in [3.63, 3.8) is 0 Å². The Kier molecular flexibility index (Phi) is 10.3. The van der Waals surface area contributed by atoms with Crippen LogP contribution < -0.4 is 15.6 Å². The van der Waals surface area contributed by atoms with Gasteiger partial charge in [0, 0.05) is 31.6 Å². The maximum atomic E-state index is 13.5. The summed E-state index contributed by atoms with van der Waals surface area (Å²) < 4.78 is 17.1. The van der Waals surface area contributed by atoms with Gasteiger partial charge in [-0.05, 0) is 70.4 Å². The summed E-state index contributed by atoms with van der Waals surface area (Å²) in [6.45, 7) is 8.20. The quantitative estimate of drug-likeness (QED) is 0.209. The molecule has 1 amide bonds. The van der Waals surface area contributed by atoms with E-state index in [2.05, 4.69) is 10.9 Å². The standard InChI is InChI=1S/C29H39N3O6/c1-21-29(17-15-25(34)38-28(2,3)4,27(35)32-30-18-16-22-9-6-5-7-10-22)31-26(37-21)23-11-13-24(14-12-23)36-20-8-19-33/h5-7,9-14,21,30,33H,8,15-20H2,1-4H3,(H,32,35)/t21-,29-/m0/s1. The number of rotatable bonds is 13. The number of benzene rings is 2. The van der Waals surface area contributed by atoms with Gasteiger partial charge in [0.25, 0.3) is 5.91 Å². The SMILES string of the molecule is C[C@@H]1OC(c2ccc(OCCCO)cc2)=N[C@]1(CCC(=O)OC(C)(C)C)C(=O)NNCCc1ccccc1. The second-order valence-electron chi connectivity index (χ2n) is 10.3. The Labute approximate surface area is 224 Å². The van der Waals surface area contributed by atoms with Crippen molar-refractivity contribution in [3.8, 4) is 5.75 Å². The first-order valence-corrected chi connectivity index (χ1v) is 13.0. The van der Waals surface area contributed by atoms with Crippen LogP contribution in [0.2, 0.25) is 0 Å². The van der Waals surface area contributed by atoms with Gasteiger partial charge in [-0.1, -0.05) is 30.3 Å². The molecule has 0 radical (unpaired) electrons. The summed E-state index contributed by atoms with van der Waals surface area (Å²) in [4.78, 5) is 30.8. The number of amides is 1. The zero-order chi connectivity index (χ0) is 27.6. The molecule has 0 bridgehead atoms. The molecule has 0 spiro atoms. The number of esters is 1. The minimum absolute atomic E-state index is 0.0107. The molecule has 0 fully saturated rings. The van der Waals surface area contributed by atoms with Crippen molar-refractivity contribution in [3.05, 3.63) is 65.7 Å². The zero-order valence-corrected chi connectivity index (χ0v) is 22.7. The summed E-state index contributed by atoms with van der Waals surface area (Å²) in [5.41, 5.74) is 5.67. The summed E-state index contributed by atoms with van der Waals surface area (Å²) in [7, 11) is 0. The number of aliphatic hydroxyl groups is 1. The van der Waals surface area contributed by atoms with Gasteiger partial charge in [0.1, 0.15) is 17.5 Å². The van der Waals surface area contributed by atoms with Crippen LogP contribution in [0.15, 0.2) is 59.6 Å². The lowest BCUT2D eigenvalue weighted by Gasteiger charge is -2.28. The Bertz CT molecular complexity index is 1080. The molecule has 0 saturated carbocycles. The first kappa shape index (κ1) is 29.1. The van der Waals surface area contributed by atoms with Crippen molar-refractivity contribution in [2.24, 2.45) is 4.99 Å². The van der Waals surface area contributed by atoms with Crippen LogP contribution in [0.1, 0.15) is 58.1 Å². The Morgan fingerprint density at radius 3 is 2.47 bits per heavy atom. The summed E-state index contributed by atoms with van der Waals surface area (Å²) in [5, 5.41) is 8.93. The molecule has 2 aromatic carbocycles. The number of aliphatic imine (C=N–C) groups is 1. The molecule has 3 rings (SSSR count). The lowest BCUT2D eigenvalue weighted by atomic mass is 9.88. The van der Waals surface area contributed by atoms with E-state index in [0.717, 1.165) is 12.0 Å². The van der Waals surface area contributed by atoms with E-state index in [1.165, 1.54) is 0 Å². The topological polar surface area (TPSA) is 118 Å². The van der Waals surface area contributed by atoms with Crippen LogP contribution in [0.25, 0.3) is 0 Å². The van der Waals surface area contributed by atoms with Crippen molar-refractivity contribution in [2.45, 2.75) is 70.6 Å². The van der Waals surface area contributed by atoms with Crippen LogP contribution in [0.5, 0.6) is 5.75 Å². The van der Waals surface area contributed by atoms with E-state index < -0.39 is 23.2 Å². The van der Waals surface area contributed by atoms with Crippen LogP contribution in [-0.4, -0.2) is 59.9 Å². The molecule has 9 nitrogen and oxygen atoms in total. The Morgan fingerprint density at radius 2 is 1.82 bits per heavy atom. The van der Waals surface area contributed by atoms with Crippen molar-refractivity contribution in [1.29, 1.82) is 0 Å².